The molecule has 21 heavy (non-hydrogen) atoms. The van der Waals surface area contributed by atoms with Gasteiger partial charge in [-0.3, -0.25) is 4.99 Å². The summed E-state index contributed by atoms with van der Waals surface area (Å²) in [7, 11) is 3.96. The molecule has 0 aliphatic heterocycles. The van der Waals surface area contributed by atoms with Crippen molar-refractivity contribution in [3.63, 3.8) is 0 Å². The van der Waals surface area contributed by atoms with Gasteiger partial charge in [0.1, 0.15) is 0 Å². The maximum atomic E-state index is 5.70. The van der Waals surface area contributed by atoms with Crippen LogP contribution in [0.5, 0.6) is 0 Å². The lowest BCUT2D eigenvalue weighted by atomic mass is 9.83. The molecule has 2 saturated carbocycles. The summed E-state index contributed by atoms with van der Waals surface area (Å²) in [5.41, 5.74) is 0. The van der Waals surface area contributed by atoms with Crippen LogP contribution in [-0.4, -0.2) is 51.3 Å². The minimum Gasteiger partial charge on any atom is -0.379 e. The summed E-state index contributed by atoms with van der Waals surface area (Å²) < 4.78 is 5.70. The maximum Gasteiger partial charge on any atom is 0.193 e. The predicted octanol–water partition coefficient (Wildman–Crippen LogP) is 2.75. The fourth-order valence-corrected chi connectivity index (χ4v) is 3.00. The van der Waals surface area contributed by atoms with Gasteiger partial charge < -0.3 is 15.0 Å². The molecule has 2 rings (SSSR count). The number of guanidine groups is 1. The molecule has 2 aliphatic carbocycles. The quantitative estimate of drug-likeness (QED) is 0.446. The highest BCUT2D eigenvalue weighted by Gasteiger charge is 2.21. The Morgan fingerprint density at radius 3 is 2.43 bits per heavy atom. The van der Waals surface area contributed by atoms with Crippen LogP contribution in [0, 0.1) is 17.8 Å². The normalized spacial score (nSPS) is 26.7. The van der Waals surface area contributed by atoms with E-state index in [1.807, 2.05) is 7.05 Å². The van der Waals surface area contributed by atoms with Crippen LogP contribution in [0.1, 0.15) is 45.4 Å². The maximum absolute atomic E-state index is 5.70. The van der Waals surface area contributed by atoms with Crippen molar-refractivity contribution in [2.75, 3.05) is 40.4 Å². The lowest BCUT2D eigenvalue weighted by Gasteiger charge is -2.28. The molecule has 0 amide bonds. The van der Waals surface area contributed by atoms with Crippen molar-refractivity contribution in [3.8, 4) is 0 Å². The second kappa shape index (κ2) is 8.62. The molecule has 0 saturated heterocycles. The van der Waals surface area contributed by atoms with Gasteiger partial charge >= 0.3 is 0 Å². The lowest BCUT2D eigenvalue weighted by molar-refractivity contribution is 0.115. The van der Waals surface area contributed by atoms with E-state index in [9.17, 15) is 0 Å². The molecule has 0 aromatic rings. The fourth-order valence-electron chi connectivity index (χ4n) is 3.00. The van der Waals surface area contributed by atoms with Gasteiger partial charge in [-0.2, -0.15) is 0 Å². The summed E-state index contributed by atoms with van der Waals surface area (Å²) in [6.45, 7) is 6.09. The Kier molecular flexibility index (Phi) is 6.81. The molecule has 0 bridgehead atoms. The third-order valence-corrected chi connectivity index (χ3v) is 4.88. The summed E-state index contributed by atoms with van der Waals surface area (Å²) in [4.78, 5) is 6.57. The molecule has 0 spiro atoms. The van der Waals surface area contributed by atoms with Crippen LogP contribution in [0.4, 0.5) is 0 Å². The smallest absolute Gasteiger partial charge is 0.193 e. The van der Waals surface area contributed by atoms with E-state index in [1.54, 1.807) is 0 Å². The zero-order valence-corrected chi connectivity index (χ0v) is 14.1. The van der Waals surface area contributed by atoms with Crippen molar-refractivity contribution >= 4 is 5.96 Å². The van der Waals surface area contributed by atoms with E-state index < -0.39 is 0 Å². The molecule has 122 valence electrons. The Labute approximate surface area is 130 Å². The van der Waals surface area contributed by atoms with Crippen LogP contribution in [-0.2, 0) is 4.74 Å². The molecule has 4 nitrogen and oxygen atoms in total. The van der Waals surface area contributed by atoms with E-state index in [4.69, 9.17) is 4.74 Å². The van der Waals surface area contributed by atoms with E-state index in [0.717, 1.165) is 50.0 Å². The SMILES string of the molecule is CN=C(NCC1CCC(C)CC1)N(C)CCOCC1CC1. The van der Waals surface area contributed by atoms with Crippen molar-refractivity contribution in [3.05, 3.63) is 0 Å². The Morgan fingerprint density at radius 2 is 1.81 bits per heavy atom. The first-order chi connectivity index (χ1) is 10.2. The third-order valence-electron chi connectivity index (χ3n) is 4.88. The van der Waals surface area contributed by atoms with E-state index >= 15 is 0 Å². The van der Waals surface area contributed by atoms with Crippen molar-refractivity contribution in [1.82, 2.24) is 10.2 Å². The van der Waals surface area contributed by atoms with Crippen LogP contribution in [0.3, 0.4) is 0 Å². The van der Waals surface area contributed by atoms with Gasteiger partial charge in [0.15, 0.2) is 5.96 Å². The highest BCUT2D eigenvalue weighted by molar-refractivity contribution is 5.79. The van der Waals surface area contributed by atoms with Gasteiger partial charge in [-0.15, -0.1) is 0 Å². The van der Waals surface area contributed by atoms with Crippen LogP contribution in [0.15, 0.2) is 4.99 Å². The largest absolute Gasteiger partial charge is 0.379 e. The van der Waals surface area contributed by atoms with E-state index in [1.165, 1.54) is 38.5 Å². The van der Waals surface area contributed by atoms with Gasteiger partial charge in [-0.1, -0.05) is 19.8 Å². The number of nitrogens with one attached hydrogen (secondary N) is 1. The molecule has 0 unspecified atom stereocenters. The Bertz CT molecular complexity index is 320. The van der Waals surface area contributed by atoms with E-state index in [0.29, 0.717) is 0 Å². The molecular formula is C17H33N3O. The lowest BCUT2D eigenvalue weighted by Crippen LogP contribution is -2.42. The third kappa shape index (κ3) is 6.25. The Balaban J connectivity index is 1.59. The zero-order chi connectivity index (χ0) is 15.1. The first kappa shape index (κ1) is 16.6. The fraction of sp³-hybridized carbons (Fsp3) is 0.941. The van der Waals surface area contributed by atoms with Crippen LogP contribution < -0.4 is 5.32 Å². The zero-order valence-electron chi connectivity index (χ0n) is 14.1. The number of likely N-dealkylation sites (N-methyl/N-ethyl adjacent to an activating group) is 1. The van der Waals surface area contributed by atoms with Crippen LogP contribution >= 0.6 is 0 Å². The Morgan fingerprint density at radius 1 is 1.14 bits per heavy atom. The van der Waals surface area contributed by atoms with Crippen molar-refractivity contribution in [2.24, 2.45) is 22.7 Å². The first-order valence-electron chi connectivity index (χ1n) is 8.68. The van der Waals surface area contributed by atoms with Gasteiger partial charge in [0.2, 0.25) is 0 Å². The molecule has 2 fully saturated rings. The standard InChI is InChI=1S/C17H33N3O/c1-14-4-6-15(7-5-14)12-19-17(18-2)20(3)10-11-21-13-16-8-9-16/h14-16H,4-13H2,1-3H3,(H,18,19). The predicted molar refractivity (Wildman–Crippen MR) is 88.7 cm³/mol. The minimum absolute atomic E-state index is 0.800. The molecule has 0 heterocycles. The van der Waals surface area contributed by atoms with Gasteiger partial charge in [0.25, 0.3) is 0 Å². The number of hydrogen-bond donors (Lipinski definition) is 1. The van der Waals surface area contributed by atoms with Gasteiger partial charge in [-0.05, 0) is 43.4 Å². The van der Waals surface area contributed by atoms with Gasteiger partial charge in [-0.25, -0.2) is 0 Å². The summed E-state index contributed by atoms with van der Waals surface area (Å²) in [5, 5.41) is 3.54. The Hall–Kier alpha value is -0.770. The van der Waals surface area contributed by atoms with Crippen LogP contribution in [0.2, 0.25) is 0 Å². The molecule has 0 radical (unpaired) electrons. The van der Waals surface area contributed by atoms with Gasteiger partial charge in [0, 0.05) is 33.8 Å². The average Bonchev–Trinajstić information content (AvgIpc) is 3.30. The molecular weight excluding hydrogens is 262 g/mol. The summed E-state index contributed by atoms with van der Waals surface area (Å²) >= 11 is 0. The molecule has 0 atom stereocenters. The number of ether oxygens (including phenoxy) is 1. The van der Waals surface area contributed by atoms with E-state index in [2.05, 4.69) is 29.2 Å². The second-order valence-electron chi connectivity index (χ2n) is 6.99. The molecule has 2 aliphatic rings. The highest BCUT2D eigenvalue weighted by atomic mass is 16.5. The topological polar surface area (TPSA) is 36.9 Å². The summed E-state index contributed by atoms with van der Waals surface area (Å²) in [5.74, 6) is 3.59. The van der Waals surface area contributed by atoms with Crippen LogP contribution in [0.25, 0.3) is 0 Å². The average molecular weight is 295 g/mol. The van der Waals surface area contributed by atoms with Gasteiger partial charge in [0.05, 0.1) is 6.61 Å². The highest BCUT2D eigenvalue weighted by Crippen LogP contribution is 2.29. The second-order valence-corrected chi connectivity index (χ2v) is 6.99. The first-order valence-corrected chi connectivity index (χ1v) is 8.68. The number of aliphatic imine (C=N–C) groups is 1. The number of hydrogen-bond acceptors (Lipinski definition) is 2. The summed E-state index contributed by atoms with van der Waals surface area (Å²) in [6.07, 6.45) is 8.21. The number of rotatable bonds is 7. The van der Waals surface area contributed by atoms with E-state index in [-0.39, 0.29) is 0 Å². The number of nitrogens with zero attached hydrogens (tertiary/aromatic N) is 2. The molecule has 0 aromatic heterocycles. The minimum atomic E-state index is 0.800. The monoisotopic (exact) mass is 295 g/mol. The summed E-state index contributed by atoms with van der Waals surface area (Å²) in [6, 6.07) is 0. The molecule has 0 aromatic carbocycles. The molecule has 1 N–H and O–H groups in total. The van der Waals surface area contributed by atoms with Crippen molar-refractivity contribution in [2.45, 2.75) is 45.4 Å². The van der Waals surface area contributed by atoms with Crippen molar-refractivity contribution < 1.29 is 4.74 Å². The molecule has 4 heteroatoms. The van der Waals surface area contributed by atoms with Crippen molar-refractivity contribution in [1.29, 1.82) is 0 Å².